The number of H-pyrrole nitrogens is 1. The van der Waals surface area contributed by atoms with Crippen molar-refractivity contribution in [3.05, 3.63) is 106 Å². The maximum absolute atomic E-state index is 13.1. The summed E-state index contributed by atoms with van der Waals surface area (Å²) >= 11 is 0. The molecule has 6 heteroatoms. The highest BCUT2D eigenvalue weighted by Crippen LogP contribution is 2.35. The van der Waals surface area contributed by atoms with Crippen LogP contribution in [0, 0.1) is 10.1 Å². The fourth-order valence-electron chi connectivity index (χ4n) is 3.70. The minimum Gasteiger partial charge on any atom is -0.497 e. The van der Waals surface area contributed by atoms with Crippen LogP contribution in [0.2, 0.25) is 0 Å². The summed E-state index contributed by atoms with van der Waals surface area (Å²) in [6, 6.07) is 21.4. The largest absolute Gasteiger partial charge is 0.497 e. The van der Waals surface area contributed by atoms with Crippen molar-refractivity contribution in [2.45, 2.75) is 12.3 Å². The van der Waals surface area contributed by atoms with Gasteiger partial charge in [-0.3, -0.25) is 14.9 Å². The molecule has 0 aliphatic heterocycles. The molecule has 1 heterocycles. The third-order valence-corrected chi connectivity index (χ3v) is 5.30. The minimum atomic E-state index is -0.472. The molecule has 0 spiro atoms. The summed E-state index contributed by atoms with van der Waals surface area (Å²) in [5.74, 6) is 0.504. The highest BCUT2D eigenvalue weighted by Gasteiger charge is 2.22. The number of methoxy groups -OCH3 is 1. The number of non-ortho nitro benzene ring substituents is 1. The summed E-state index contributed by atoms with van der Waals surface area (Å²) in [6.07, 6.45) is 2.19. The molecule has 0 saturated heterocycles. The smallest absolute Gasteiger partial charge is 0.269 e. The average molecular weight is 400 g/mol. The van der Waals surface area contributed by atoms with Crippen molar-refractivity contribution >= 4 is 22.4 Å². The Balaban J connectivity index is 1.71. The van der Waals surface area contributed by atoms with Gasteiger partial charge in [-0.2, -0.15) is 0 Å². The fraction of sp³-hybridized carbons (Fsp3) is 0.125. The molecular weight excluding hydrogens is 380 g/mol. The van der Waals surface area contributed by atoms with Gasteiger partial charge in [-0.1, -0.05) is 30.3 Å². The second kappa shape index (κ2) is 8.21. The van der Waals surface area contributed by atoms with Crippen LogP contribution in [0.4, 0.5) is 5.69 Å². The SMILES string of the molecule is COc1ccc(C(CC(=O)c2ccc([N+](=O)[O-])cc2)c2c[nH]c3ccccc23)cc1. The number of Topliss-reactive ketones (excluding diaryl/α,β-unsaturated/α-hetero) is 1. The number of nitrogens with one attached hydrogen (secondary N) is 1. The van der Waals surface area contributed by atoms with E-state index in [1.54, 1.807) is 7.11 Å². The number of carbonyl (C=O) groups excluding carboxylic acids is 1. The van der Waals surface area contributed by atoms with Crippen LogP contribution in [0.1, 0.15) is 33.8 Å². The third kappa shape index (κ3) is 3.80. The first-order chi connectivity index (χ1) is 14.6. The third-order valence-electron chi connectivity index (χ3n) is 5.30. The molecule has 150 valence electrons. The zero-order chi connectivity index (χ0) is 21.1. The molecule has 4 rings (SSSR count). The minimum absolute atomic E-state index is 0.0325. The summed E-state index contributed by atoms with van der Waals surface area (Å²) in [5.41, 5.74) is 3.46. The Kier molecular flexibility index (Phi) is 5.30. The fourth-order valence-corrected chi connectivity index (χ4v) is 3.70. The van der Waals surface area contributed by atoms with Gasteiger partial charge >= 0.3 is 0 Å². The molecule has 0 amide bonds. The number of nitro groups is 1. The van der Waals surface area contributed by atoms with Gasteiger partial charge in [0.1, 0.15) is 5.75 Å². The van der Waals surface area contributed by atoms with Crippen molar-refractivity contribution in [1.29, 1.82) is 0 Å². The van der Waals surface area contributed by atoms with Crippen LogP contribution in [0.3, 0.4) is 0 Å². The van der Waals surface area contributed by atoms with E-state index in [-0.39, 0.29) is 23.8 Å². The number of ketones is 1. The van der Waals surface area contributed by atoms with Gasteiger partial charge in [0.25, 0.3) is 5.69 Å². The van der Waals surface area contributed by atoms with E-state index in [1.807, 2.05) is 54.7 Å². The summed E-state index contributed by atoms with van der Waals surface area (Å²) in [7, 11) is 1.62. The lowest BCUT2D eigenvalue weighted by molar-refractivity contribution is -0.384. The van der Waals surface area contributed by atoms with Crippen molar-refractivity contribution < 1.29 is 14.5 Å². The van der Waals surface area contributed by atoms with Crippen molar-refractivity contribution in [2.24, 2.45) is 0 Å². The van der Waals surface area contributed by atoms with Gasteiger partial charge in [0, 0.05) is 47.1 Å². The average Bonchev–Trinajstić information content (AvgIpc) is 3.21. The van der Waals surface area contributed by atoms with Crippen LogP contribution in [0.5, 0.6) is 5.75 Å². The maximum Gasteiger partial charge on any atom is 0.269 e. The number of carbonyl (C=O) groups is 1. The monoisotopic (exact) mass is 400 g/mol. The van der Waals surface area contributed by atoms with Crippen LogP contribution in [0.15, 0.2) is 79.0 Å². The van der Waals surface area contributed by atoms with E-state index in [0.29, 0.717) is 5.56 Å². The number of benzene rings is 3. The number of aromatic nitrogens is 1. The Morgan fingerprint density at radius 2 is 1.73 bits per heavy atom. The van der Waals surface area contributed by atoms with E-state index in [4.69, 9.17) is 4.74 Å². The van der Waals surface area contributed by atoms with Gasteiger partial charge in [0.15, 0.2) is 5.78 Å². The summed E-state index contributed by atoms with van der Waals surface area (Å²) in [5, 5.41) is 11.9. The normalized spacial score (nSPS) is 11.9. The quantitative estimate of drug-likeness (QED) is 0.252. The Hall–Kier alpha value is -3.93. The standard InChI is InChI=1S/C24H20N2O4/c1-30-19-12-8-16(9-13-19)21(22-15-25-23-5-3-2-4-20(22)23)14-24(27)17-6-10-18(11-7-17)26(28)29/h2-13,15,21,25H,14H2,1H3. The predicted molar refractivity (Wildman–Crippen MR) is 115 cm³/mol. The molecule has 0 bridgehead atoms. The lowest BCUT2D eigenvalue weighted by Crippen LogP contribution is -2.09. The second-order valence-corrected chi connectivity index (χ2v) is 7.05. The van der Waals surface area contributed by atoms with E-state index in [2.05, 4.69) is 4.98 Å². The summed E-state index contributed by atoms with van der Waals surface area (Å²) in [6.45, 7) is 0. The van der Waals surface area contributed by atoms with Crippen molar-refractivity contribution in [1.82, 2.24) is 4.98 Å². The van der Waals surface area contributed by atoms with Crippen molar-refractivity contribution in [3.8, 4) is 5.75 Å². The molecular formula is C24H20N2O4. The van der Waals surface area contributed by atoms with E-state index >= 15 is 0 Å². The first kappa shape index (κ1) is 19.4. The van der Waals surface area contributed by atoms with E-state index in [0.717, 1.165) is 27.8 Å². The maximum atomic E-state index is 13.1. The first-order valence-corrected chi connectivity index (χ1v) is 9.54. The molecule has 0 radical (unpaired) electrons. The van der Waals surface area contributed by atoms with Crippen LogP contribution in [-0.4, -0.2) is 22.8 Å². The van der Waals surface area contributed by atoms with Crippen molar-refractivity contribution in [2.75, 3.05) is 7.11 Å². The number of aromatic amines is 1. The molecule has 0 aliphatic carbocycles. The Bertz CT molecular complexity index is 1190. The highest BCUT2D eigenvalue weighted by molar-refractivity contribution is 5.97. The second-order valence-electron chi connectivity index (χ2n) is 7.05. The first-order valence-electron chi connectivity index (χ1n) is 9.54. The number of rotatable bonds is 7. The Morgan fingerprint density at radius 1 is 1.03 bits per heavy atom. The van der Waals surface area contributed by atoms with Gasteiger partial charge < -0.3 is 9.72 Å². The van der Waals surface area contributed by atoms with E-state index in [1.165, 1.54) is 24.3 Å². The van der Waals surface area contributed by atoms with Gasteiger partial charge in [-0.15, -0.1) is 0 Å². The molecule has 30 heavy (non-hydrogen) atoms. The Morgan fingerprint density at radius 3 is 2.40 bits per heavy atom. The molecule has 0 fully saturated rings. The molecule has 1 unspecified atom stereocenters. The van der Waals surface area contributed by atoms with Gasteiger partial charge in [-0.25, -0.2) is 0 Å². The van der Waals surface area contributed by atoms with Gasteiger partial charge in [0.05, 0.1) is 12.0 Å². The number of fused-ring (bicyclic) bond motifs is 1. The number of hydrogen-bond acceptors (Lipinski definition) is 4. The number of ether oxygens (including phenoxy) is 1. The van der Waals surface area contributed by atoms with Crippen LogP contribution in [0.25, 0.3) is 10.9 Å². The summed E-state index contributed by atoms with van der Waals surface area (Å²) in [4.78, 5) is 26.8. The topological polar surface area (TPSA) is 85.2 Å². The molecule has 6 nitrogen and oxygen atoms in total. The number of hydrogen-bond donors (Lipinski definition) is 1. The molecule has 0 aliphatic rings. The van der Waals surface area contributed by atoms with Crippen LogP contribution >= 0.6 is 0 Å². The van der Waals surface area contributed by atoms with Gasteiger partial charge in [0.2, 0.25) is 0 Å². The van der Waals surface area contributed by atoms with E-state index < -0.39 is 4.92 Å². The predicted octanol–water partition coefficient (Wildman–Crippen LogP) is 5.49. The van der Waals surface area contributed by atoms with Crippen molar-refractivity contribution in [3.63, 3.8) is 0 Å². The zero-order valence-electron chi connectivity index (χ0n) is 16.4. The number of nitrogens with zero attached hydrogens (tertiary/aromatic N) is 1. The lowest BCUT2D eigenvalue weighted by Gasteiger charge is -2.17. The zero-order valence-corrected chi connectivity index (χ0v) is 16.4. The number of para-hydroxylation sites is 1. The summed E-state index contributed by atoms with van der Waals surface area (Å²) < 4.78 is 5.26. The molecule has 4 aromatic rings. The molecule has 0 saturated carbocycles. The molecule has 1 aromatic heterocycles. The highest BCUT2D eigenvalue weighted by atomic mass is 16.6. The van der Waals surface area contributed by atoms with Crippen LogP contribution < -0.4 is 4.74 Å². The van der Waals surface area contributed by atoms with Crippen LogP contribution in [-0.2, 0) is 0 Å². The molecule has 1 N–H and O–H groups in total. The Labute approximate surface area is 173 Å². The van der Waals surface area contributed by atoms with Gasteiger partial charge in [-0.05, 0) is 41.5 Å². The molecule has 3 aromatic carbocycles. The molecule has 1 atom stereocenters. The number of nitro benzene ring substituents is 1. The van der Waals surface area contributed by atoms with E-state index in [9.17, 15) is 14.9 Å². The lowest BCUT2D eigenvalue weighted by atomic mass is 9.85.